The summed E-state index contributed by atoms with van der Waals surface area (Å²) in [5.41, 5.74) is 10.9. The van der Waals surface area contributed by atoms with Crippen molar-refractivity contribution in [1.29, 1.82) is 0 Å². The summed E-state index contributed by atoms with van der Waals surface area (Å²) in [6.45, 7) is 3.84. The van der Waals surface area contributed by atoms with Crippen molar-refractivity contribution in [2.45, 2.75) is 32.7 Å². The molecule has 0 saturated heterocycles. The summed E-state index contributed by atoms with van der Waals surface area (Å²) >= 11 is 6.33. The standard InChI is InChI=1S/C23H24ClN9O/c1-12-21(13(2)31-30-12)14-7-8-27-19(9-14)17(11-25)23(34)28-20-10-15(3-6-18(20)24)22(29-26)33-32-16-4-5-16/h3,6-11,16H,4-5,25-26H2,1-2H3,(H,28,34)(H,30,31)/b17-11+,29-22-,33-32?. The van der Waals surface area contributed by atoms with Gasteiger partial charge in [-0.3, -0.25) is 14.9 Å². The Morgan fingerprint density at radius 2 is 2.06 bits per heavy atom. The van der Waals surface area contributed by atoms with Gasteiger partial charge in [-0.1, -0.05) is 11.6 Å². The third-order valence-corrected chi connectivity index (χ3v) is 5.65. The fourth-order valence-electron chi connectivity index (χ4n) is 3.42. The molecule has 174 valence electrons. The van der Waals surface area contributed by atoms with Gasteiger partial charge >= 0.3 is 0 Å². The van der Waals surface area contributed by atoms with E-state index in [1.54, 1.807) is 30.5 Å². The van der Waals surface area contributed by atoms with Gasteiger partial charge in [0.25, 0.3) is 5.91 Å². The topological polar surface area (TPSA) is 160 Å². The Morgan fingerprint density at radius 1 is 1.26 bits per heavy atom. The van der Waals surface area contributed by atoms with Gasteiger partial charge < -0.3 is 16.9 Å². The number of aromatic nitrogens is 3. The van der Waals surface area contributed by atoms with Gasteiger partial charge in [-0.15, -0.1) is 5.11 Å². The maximum Gasteiger partial charge on any atom is 0.259 e. The van der Waals surface area contributed by atoms with Gasteiger partial charge in [0, 0.05) is 29.2 Å². The van der Waals surface area contributed by atoms with Crippen molar-refractivity contribution in [2.75, 3.05) is 5.32 Å². The third kappa shape index (κ3) is 4.96. The number of amides is 1. The Balaban J connectivity index is 1.59. The van der Waals surface area contributed by atoms with Crippen molar-refractivity contribution >= 4 is 34.6 Å². The molecule has 1 saturated carbocycles. The van der Waals surface area contributed by atoms with Crippen LogP contribution in [0.3, 0.4) is 0 Å². The van der Waals surface area contributed by atoms with Crippen LogP contribution in [-0.4, -0.2) is 33.0 Å². The van der Waals surface area contributed by atoms with Crippen LogP contribution in [0.2, 0.25) is 5.02 Å². The Labute approximate surface area is 201 Å². The third-order valence-electron chi connectivity index (χ3n) is 5.32. The number of nitrogens with one attached hydrogen (secondary N) is 2. The van der Waals surface area contributed by atoms with Crippen LogP contribution in [0.25, 0.3) is 16.7 Å². The number of anilines is 1. The Kier molecular flexibility index (Phi) is 6.69. The largest absolute Gasteiger partial charge is 0.404 e. The number of nitrogens with two attached hydrogens (primary N) is 2. The zero-order valence-corrected chi connectivity index (χ0v) is 19.5. The molecule has 1 aliphatic carbocycles. The van der Waals surface area contributed by atoms with Crippen LogP contribution in [0.15, 0.2) is 58.1 Å². The van der Waals surface area contributed by atoms with Gasteiger partial charge in [-0.25, -0.2) is 0 Å². The summed E-state index contributed by atoms with van der Waals surface area (Å²) in [6.07, 6.45) is 4.85. The van der Waals surface area contributed by atoms with E-state index in [-0.39, 0.29) is 17.5 Å². The van der Waals surface area contributed by atoms with Gasteiger partial charge in [0.15, 0.2) is 5.84 Å². The minimum absolute atomic E-state index is 0.184. The second kappa shape index (κ2) is 9.84. The smallest absolute Gasteiger partial charge is 0.259 e. The molecule has 10 nitrogen and oxygen atoms in total. The predicted octanol–water partition coefficient (Wildman–Crippen LogP) is 3.92. The van der Waals surface area contributed by atoms with Gasteiger partial charge in [0.2, 0.25) is 0 Å². The number of benzene rings is 1. The number of halogens is 1. The number of rotatable bonds is 6. The normalized spacial score (nSPS) is 14.6. The highest BCUT2D eigenvalue weighted by Crippen LogP contribution is 2.29. The van der Waals surface area contributed by atoms with Crippen molar-refractivity contribution in [3.63, 3.8) is 0 Å². The molecule has 1 amide bonds. The van der Waals surface area contributed by atoms with Crippen LogP contribution >= 0.6 is 11.6 Å². The predicted molar refractivity (Wildman–Crippen MR) is 132 cm³/mol. The number of carbonyl (C=O) groups is 1. The van der Waals surface area contributed by atoms with E-state index in [0.29, 0.717) is 22.0 Å². The van der Waals surface area contributed by atoms with E-state index in [4.69, 9.17) is 23.2 Å². The van der Waals surface area contributed by atoms with Crippen LogP contribution in [0, 0.1) is 13.8 Å². The molecule has 0 radical (unpaired) electrons. The molecule has 1 fully saturated rings. The highest BCUT2D eigenvalue weighted by atomic mass is 35.5. The molecule has 2 aromatic heterocycles. The molecule has 2 heterocycles. The molecule has 11 heteroatoms. The maximum absolute atomic E-state index is 13.1. The van der Waals surface area contributed by atoms with Crippen LogP contribution < -0.4 is 16.9 Å². The Bertz CT molecular complexity index is 1300. The Hall–Kier alpha value is -4.05. The molecule has 34 heavy (non-hydrogen) atoms. The molecule has 0 spiro atoms. The monoisotopic (exact) mass is 477 g/mol. The molecule has 4 rings (SSSR count). The average molecular weight is 478 g/mol. The molecule has 1 aromatic carbocycles. The van der Waals surface area contributed by atoms with E-state index >= 15 is 0 Å². The van der Waals surface area contributed by atoms with Crippen molar-refractivity contribution in [3.8, 4) is 11.1 Å². The number of aromatic amines is 1. The summed E-state index contributed by atoms with van der Waals surface area (Å²) in [7, 11) is 0. The van der Waals surface area contributed by atoms with Crippen LogP contribution in [0.4, 0.5) is 5.69 Å². The summed E-state index contributed by atoms with van der Waals surface area (Å²) in [4.78, 5) is 17.5. The molecule has 0 atom stereocenters. The summed E-state index contributed by atoms with van der Waals surface area (Å²) < 4.78 is 0. The fourth-order valence-corrected chi connectivity index (χ4v) is 3.59. The molecule has 0 aliphatic heterocycles. The number of amidine groups is 1. The quantitative estimate of drug-likeness (QED) is 0.105. The molecular formula is C23H24ClN9O. The van der Waals surface area contributed by atoms with E-state index in [9.17, 15) is 4.79 Å². The number of hydrogen-bond acceptors (Lipinski definition) is 7. The number of nitrogens with zero attached hydrogens (tertiary/aromatic N) is 5. The van der Waals surface area contributed by atoms with Crippen molar-refractivity contribution < 1.29 is 4.79 Å². The number of hydrazone groups is 1. The summed E-state index contributed by atoms with van der Waals surface area (Å²) in [6, 6.07) is 8.82. The second-order valence-corrected chi connectivity index (χ2v) is 8.27. The molecule has 0 unspecified atom stereocenters. The van der Waals surface area contributed by atoms with E-state index in [0.717, 1.165) is 35.4 Å². The molecule has 1 aliphatic rings. The first-order valence-corrected chi connectivity index (χ1v) is 11.0. The van der Waals surface area contributed by atoms with E-state index < -0.39 is 5.91 Å². The fraction of sp³-hybridized carbons (Fsp3) is 0.217. The zero-order valence-electron chi connectivity index (χ0n) is 18.7. The number of pyridine rings is 1. The van der Waals surface area contributed by atoms with Gasteiger partial charge in [-0.05, 0) is 62.6 Å². The number of H-pyrrole nitrogens is 1. The van der Waals surface area contributed by atoms with Gasteiger partial charge in [0.05, 0.1) is 33.7 Å². The van der Waals surface area contributed by atoms with Crippen molar-refractivity contribution in [3.05, 3.63) is 70.4 Å². The lowest BCUT2D eigenvalue weighted by atomic mass is 10.0. The minimum Gasteiger partial charge on any atom is -0.404 e. The lowest BCUT2D eigenvalue weighted by Gasteiger charge is -2.12. The van der Waals surface area contributed by atoms with Gasteiger partial charge in [0.1, 0.15) is 0 Å². The molecular weight excluding hydrogens is 454 g/mol. The van der Waals surface area contributed by atoms with Crippen molar-refractivity contribution in [1.82, 2.24) is 15.2 Å². The highest BCUT2D eigenvalue weighted by molar-refractivity contribution is 6.35. The van der Waals surface area contributed by atoms with E-state index in [1.807, 2.05) is 19.9 Å². The zero-order chi connectivity index (χ0) is 24.2. The van der Waals surface area contributed by atoms with Crippen LogP contribution in [0.5, 0.6) is 0 Å². The van der Waals surface area contributed by atoms with Gasteiger partial charge in [-0.2, -0.15) is 15.3 Å². The summed E-state index contributed by atoms with van der Waals surface area (Å²) in [5, 5.41) is 22.3. The first-order valence-electron chi connectivity index (χ1n) is 10.6. The first-order chi connectivity index (χ1) is 16.4. The lowest BCUT2D eigenvalue weighted by molar-refractivity contribution is -0.111. The van der Waals surface area contributed by atoms with E-state index in [2.05, 4.69) is 35.8 Å². The number of aryl methyl sites for hydroxylation is 2. The maximum atomic E-state index is 13.1. The summed E-state index contributed by atoms with van der Waals surface area (Å²) in [5.74, 6) is 5.27. The number of hydrogen-bond donors (Lipinski definition) is 4. The lowest BCUT2D eigenvalue weighted by Crippen LogP contribution is -2.16. The molecule has 6 N–H and O–H groups in total. The average Bonchev–Trinajstić information content (AvgIpc) is 3.59. The van der Waals surface area contributed by atoms with Crippen LogP contribution in [-0.2, 0) is 4.79 Å². The van der Waals surface area contributed by atoms with Crippen LogP contribution in [0.1, 0.15) is 35.5 Å². The molecule has 3 aromatic rings. The number of carbonyl (C=O) groups excluding carboxylic acids is 1. The van der Waals surface area contributed by atoms with E-state index in [1.165, 1.54) is 6.20 Å². The van der Waals surface area contributed by atoms with Crippen molar-refractivity contribution in [2.24, 2.45) is 26.9 Å². The molecule has 0 bridgehead atoms. The highest BCUT2D eigenvalue weighted by Gasteiger charge is 2.21. The Morgan fingerprint density at radius 3 is 2.71 bits per heavy atom. The second-order valence-electron chi connectivity index (χ2n) is 7.87. The minimum atomic E-state index is -0.474. The number of azo groups is 1. The first kappa shape index (κ1) is 23.1. The SMILES string of the molecule is Cc1n[nH]c(C)c1-c1ccnc(/C(=C\N)C(=O)Nc2cc(/C(N=NC3CC3)=N/N)ccc2Cl)c1.